The highest BCUT2D eigenvalue weighted by Gasteiger charge is 2.34. The summed E-state index contributed by atoms with van der Waals surface area (Å²) in [4.78, 5) is 30.1. The Morgan fingerprint density at radius 2 is 2.33 bits per heavy atom. The fourth-order valence-electron chi connectivity index (χ4n) is 1.98. The minimum absolute atomic E-state index is 0.0663. The van der Waals surface area contributed by atoms with Crippen molar-refractivity contribution >= 4 is 11.9 Å². The summed E-state index contributed by atoms with van der Waals surface area (Å²) in [6, 6.07) is 4.79. The molecule has 2 heterocycles. The number of carbonyl (C=O) groups excluding carboxylic acids is 1. The van der Waals surface area contributed by atoms with Crippen LogP contribution in [0.25, 0.3) is 0 Å². The summed E-state index contributed by atoms with van der Waals surface area (Å²) in [5.74, 6) is -0.978. The van der Waals surface area contributed by atoms with Gasteiger partial charge in [0.05, 0.1) is 12.2 Å². The largest absolute Gasteiger partial charge is 0.480 e. The molecule has 1 atom stereocenters. The molecule has 1 aliphatic heterocycles. The summed E-state index contributed by atoms with van der Waals surface area (Å²) < 4.78 is 0. The van der Waals surface area contributed by atoms with Crippen LogP contribution >= 0.6 is 0 Å². The van der Waals surface area contributed by atoms with Crippen molar-refractivity contribution in [1.29, 1.82) is 0 Å². The topological polar surface area (TPSA) is 73.7 Å². The van der Waals surface area contributed by atoms with Gasteiger partial charge in [-0.15, -0.1) is 0 Å². The van der Waals surface area contributed by atoms with Gasteiger partial charge in [0, 0.05) is 26.3 Å². The van der Waals surface area contributed by atoms with Gasteiger partial charge in [-0.05, 0) is 12.1 Å². The molecule has 1 fully saturated rings. The molecule has 0 radical (unpaired) electrons. The normalized spacial score (nSPS) is 21.1. The molecule has 0 bridgehead atoms. The molecule has 0 spiro atoms. The van der Waals surface area contributed by atoms with Crippen molar-refractivity contribution in [3.63, 3.8) is 0 Å². The van der Waals surface area contributed by atoms with E-state index in [1.807, 2.05) is 12.1 Å². The standard InChI is InChI=1S/C12H15N3O3/c1-14-7-10(12(17)18)15(8-11(14)16)6-9-4-2-3-5-13-9/h2-5,10H,6-8H2,1H3,(H,17,18). The Labute approximate surface area is 105 Å². The number of nitrogens with zero attached hydrogens (tertiary/aromatic N) is 3. The van der Waals surface area contributed by atoms with Crippen LogP contribution in [0, 0.1) is 0 Å². The van der Waals surface area contributed by atoms with Crippen LogP contribution in [0.3, 0.4) is 0 Å². The molecule has 0 aliphatic carbocycles. The fraction of sp³-hybridized carbons (Fsp3) is 0.417. The molecule has 6 heteroatoms. The summed E-state index contributed by atoms with van der Waals surface area (Å²) in [6.45, 7) is 0.697. The van der Waals surface area contributed by atoms with Crippen molar-refractivity contribution in [2.45, 2.75) is 12.6 Å². The number of pyridine rings is 1. The third-order valence-corrected chi connectivity index (χ3v) is 3.03. The lowest BCUT2D eigenvalue weighted by Gasteiger charge is -2.36. The van der Waals surface area contributed by atoms with Gasteiger partial charge < -0.3 is 10.0 Å². The van der Waals surface area contributed by atoms with Crippen molar-refractivity contribution in [2.24, 2.45) is 0 Å². The number of rotatable bonds is 3. The second-order valence-corrected chi connectivity index (χ2v) is 4.35. The summed E-state index contributed by atoms with van der Waals surface area (Å²) in [5, 5.41) is 9.19. The highest BCUT2D eigenvalue weighted by atomic mass is 16.4. The smallest absolute Gasteiger partial charge is 0.322 e. The molecule has 1 N–H and O–H groups in total. The van der Waals surface area contributed by atoms with E-state index in [0.29, 0.717) is 6.54 Å². The lowest BCUT2D eigenvalue weighted by molar-refractivity contribution is -0.151. The zero-order chi connectivity index (χ0) is 13.1. The number of likely N-dealkylation sites (N-methyl/N-ethyl adjacent to an activating group) is 1. The van der Waals surface area contributed by atoms with Crippen LogP contribution in [-0.2, 0) is 16.1 Å². The van der Waals surface area contributed by atoms with Crippen LogP contribution in [0.5, 0.6) is 0 Å². The van der Waals surface area contributed by atoms with Gasteiger partial charge in [0.15, 0.2) is 0 Å². The SMILES string of the molecule is CN1CC(C(=O)O)N(Cc2ccccn2)CC1=O. The summed E-state index contributed by atoms with van der Waals surface area (Å²) in [6.07, 6.45) is 1.66. The maximum Gasteiger partial charge on any atom is 0.322 e. The summed E-state index contributed by atoms with van der Waals surface area (Å²) in [5.41, 5.74) is 0.765. The average molecular weight is 249 g/mol. The van der Waals surface area contributed by atoms with Gasteiger partial charge >= 0.3 is 5.97 Å². The van der Waals surface area contributed by atoms with Crippen LogP contribution < -0.4 is 0 Å². The van der Waals surface area contributed by atoms with E-state index in [4.69, 9.17) is 0 Å². The Kier molecular flexibility index (Phi) is 3.57. The Balaban J connectivity index is 2.13. The zero-order valence-corrected chi connectivity index (χ0v) is 10.1. The van der Waals surface area contributed by atoms with Crippen molar-refractivity contribution in [2.75, 3.05) is 20.1 Å². The summed E-state index contributed by atoms with van der Waals surface area (Å²) in [7, 11) is 1.62. The molecule has 1 aliphatic rings. The quantitative estimate of drug-likeness (QED) is 0.803. The number of piperazine rings is 1. The lowest BCUT2D eigenvalue weighted by Crippen LogP contribution is -2.57. The molecule has 1 saturated heterocycles. The molecule has 1 aromatic heterocycles. The van der Waals surface area contributed by atoms with E-state index < -0.39 is 12.0 Å². The van der Waals surface area contributed by atoms with Crippen molar-refractivity contribution in [1.82, 2.24) is 14.8 Å². The van der Waals surface area contributed by atoms with Crippen LogP contribution in [0.2, 0.25) is 0 Å². The second-order valence-electron chi connectivity index (χ2n) is 4.35. The molecular formula is C12H15N3O3. The number of amides is 1. The van der Waals surface area contributed by atoms with E-state index in [2.05, 4.69) is 4.98 Å². The van der Waals surface area contributed by atoms with E-state index in [1.54, 1.807) is 24.2 Å². The zero-order valence-electron chi connectivity index (χ0n) is 10.1. The van der Waals surface area contributed by atoms with E-state index in [-0.39, 0.29) is 19.0 Å². The lowest BCUT2D eigenvalue weighted by atomic mass is 10.1. The first-order valence-corrected chi connectivity index (χ1v) is 5.68. The first-order valence-electron chi connectivity index (χ1n) is 5.68. The third-order valence-electron chi connectivity index (χ3n) is 3.03. The molecule has 1 amide bonds. The monoisotopic (exact) mass is 249 g/mol. The van der Waals surface area contributed by atoms with E-state index in [1.165, 1.54) is 4.90 Å². The van der Waals surface area contributed by atoms with Gasteiger partial charge in [0.2, 0.25) is 5.91 Å². The number of carboxylic acid groups (broad SMARTS) is 1. The van der Waals surface area contributed by atoms with Gasteiger partial charge in [0.25, 0.3) is 0 Å². The number of carbonyl (C=O) groups is 2. The maximum atomic E-state index is 11.6. The minimum Gasteiger partial charge on any atom is -0.480 e. The predicted octanol–water partition coefficient (Wildman–Crippen LogP) is -0.191. The van der Waals surface area contributed by atoms with Crippen LogP contribution in [0.4, 0.5) is 0 Å². The van der Waals surface area contributed by atoms with E-state index >= 15 is 0 Å². The van der Waals surface area contributed by atoms with Crippen LogP contribution in [0.1, 0.15) is 5.69 Å². The van der Waals surface area contributed by atoms with Crippen molar-refractivity contribution in [3.05, 3.63) is 30.1 Å². The van der Waals surface area contributed by atoms with Crippen molar-refractivity contribution < 1.29 is 14.7 Å². The van der Waals surface area contributed by atoms with Gasteiger partial charge in [-0.1, -0.05) is 6.07 Å². The molecular weight excluding hydrogens is 234 g/mol. The molecule has 0 aromatic carbocycles. The number of aliphatic carboxylic acids is 1. The maximum absolute atomic E-state index is 11.6. The Hall–Kier alpha value is -1.95. The first-order chi connectivity index (χ1) is 8.58. The van der Waals surface area contributed by atoms with Gasteiger partial charge in [0.1, 0.15) is 6.04 Å². The number of hydrogen-bond acceptors (Lipinski definition) is 4. The minimum atomic E-state index is -0.912. The van der Waals surface area contributed by atoms with Gasteiger partial charge in [-0.25, -0.2) is 0 Å². The summed E-state index contributed by atoms with van der Waals surface area (Å²) >= 11 is 0. The average Bonchev–Trinajstić information content (AvgIpc) is 2.34. The van der Waals surface area contributed by atoms with Crippen LogP contribution in [0.15, 0.2) is 24.4 Å². The Morgan fingerprint density at radius 3 is 2.94 bits per heavy atom. The fourth-order valence-corrected chi connectivity index (χ4v) is 1.98. The van der Waals surface area contributed by atoms with Crippen LogP contribution in [-0.4, -0.2) is 57.9 Å². The molecule has 2 rings (SSSR count). The highest BCUT2D eigenvalue weighted by molar-refractivity contribution is 5.83. The predicted molar refractivity (Wildman–Crippen MR) is 63.7 cm³/mol. The highest BCUT2D eigenvalue weighted by Crippen LogP contribution is 2.13. The Morgan fingerprint density at radius 1 is 1.56 bits per heavy atom. The molecule has 96 valence electrons. The molecule has 0 saturated carbocycles. The van der Waals surface area contributed by atoms with Gasteiger partial charge in [-0.3, -0.25) is 19.5 Å². The molecule has 18 heavy (non-hydrogen) atoms. The second kappa shape index (κ2) is 5.14. The molecule has 1 unspecified atom stereocenters. The third kappa shape index (κ3) is 2.65. The molecule has 1 aromatic rings. The number of carboxylic acids is 1. The van der Waals surface area contributed by atoms with Crippen molar-refractivity contribution in [3.8, 4) is 0 Å². The van der Waals surface area contributed by atoms with E-state index in [0.717, 1.165) is 5.69 Å². The van der Waals surface area contributed by atoms with Gasteiger partial charge in [-0.2, -0.15) is 0 Å². The molecule has 6 nitrogen and oxygen atoms in total. The first kappa shape index (κ1) is 12.5. The Bertz CT molecular complexity index is 449. The number of hydrogen-bond donors (Lipinski definition) is 1. The van der Waals surface area contributed by atoms with E-state index in [9.17, 15) is 14.7 Å². The number of aromatic nitrogens is 1.